The number of esters is 1. The van der Waals surface area contributed by atoms with Gasteiger partial charge < -0.3 is 9.47 Å². The Labute approximate surface area is 195 Å². The molecule has 0 saturated heterocycles. The monoisotopic (exact) mass is 452 g/mol. The van der Waals surface area contributed by atoms with Crippen LogP contribution in [0.2, 0.25) is 0 Å². The van der Waals surface area contributed by atoms with Gasteiger partial charge in [0.05, 0.1) is 6.61 Å². The Bertz CT molecular complexity index is 1010. The van der Waals surface area contributed by atoms with Gasteiger partial charge in [0, 0.05) is 19.1 Å². The molecule has 1 aromatic heterocycles. The largest absolute Gasteiger partial charge is 0.494 e. The highest BCUT2D eigenvalue weighted by Gasteiger charge is 2.18. The number of hydrogen-bond donors (Lipinski definition) is 0. The molecule has 0 aliphatic heterocycles. The van der Waals surface area contributed by atoms with Crippen LogP contribution in [0.25, 0.3) is 22.4 Å². The molecule has 3 aromatic rings. The molecule has 0 aliphatic carbocycles. The Balaban J connectivity index is 1.58. The van der Waals surface area contributed by atoms with Crippen molar-refractivity contribution in [3.05, 3.63) is 59.1 Å². The molecule has 0 bridgehead atoms. The number of para-hydroxylation sites is 1. The molecule has 0 fully saturated rings. The Morgan fingerprint density at radius 3 is 2.47 bits per heavy atom. The van der Waals surface area contributed by atoms with E-state index in [0.29, 0.717) is 13.2 Å². The lowest BCUT2D eigenvalue weighted by molar-refractivity contribution is -0.669. The lowest BCUT2D eigenvalue weighted by atomic mass is 10.1. The van der Waals surface area contributed by atoms with Crippen molar-refractivity contribution >= 4 is 39.7 Å². The van der Waals surface area contributed by atoms with Gasteiger partial charge in [0.1, 0.15) is 10.4 Å². The van der Waals surface area contributed by atoms with Gasteiger partial charge in [-0.15, -0.1) is 0 Å². The third-order valence-corrected chi connectivity index (χ3v) is 6.45. The molecule has 170 valence electrons. The van der Waals surface area contributed by atoms with Gasteiger partial charge in [-0.1, -0.05) is 74.6 Å². The maximum atomic E-state index is 11.1. The summed E-state index contributed by atoms with van der Waals surface area (Å²) in [6, 6.07) is 16.6. The zero-order chi connectivity index (χ0) is 22.6. The van der Waals surface area contributed by atoms with Crippen molar-refractivity contribution in [3.63, 3.8) is 0 Å². The number of rotatable bonds is 13. The van der Waals surface area contributed by atoms with Gasteiger partial charge in [0.15, 0.2) is 13.2 Å². The van der Waals surface area contributed by atoms with Crippen molar-refractivity contribution in [3.8, 4) is 5.75 Å². The summed E-state index contributed by atoms with van der Waals surface area (Å²) in [5, 5.41) is 1.13. The molecule has 0 atom stereocenters. The summed E-state index contributed by atoms with van der Waals surface area (Å²) in [6.45, 7) is 5.47. The summed E-state index contributed by atoms with van der Waals surface area (Å²) < 4.78 is 14.5. The van der Waals surface area contributed by atoms with Crippen molar-refractivity contribution in [2.24, 2.45) is 0 Å². The molecule has 0 amide bonds. The van der Waals surface area contributed by atoms with Crippen molar-refractivity contribution in [1.29, 1.82) is 0 Å². The van der Waals surface area contributed by atoms with Crippen LogP contribution in [0.1, 0.15) is 62.9 Å². The van der Waals surface area contributed by atoms with Crippen LogP contribution in [-0.2, 0) is 16.1 Å². The number of fused-ring (bicyclic) bond motifs is 1. The fourth-order valence-electron chi connectivity index (χ4n) is 3.60. The molecule has 0 N–H and O–H groups in total. The third kappa shape index (κ3) is 7.49. The van der Waals surface area contributed by atoms with Gasteiger partial charge in [0.25, 0.3) is 5.01 Å². The highest BCUT2D eigenvalue weighted by molar-refractivity contribution is 7.18. The number of unbranched alkanes of at least 4 members (excludes halogenated alkanes) is 5. The van der Waals surface area contributed by atoms with Crippen LogP contribution in [0.5, 0.6) is 5.75 Å². The summed E-state index contributed by atoms with van der Waals surface area (Å²) in [5.41, 5.74) is 2.28. The van der Waals surface area contributed by atoms with E-state index in [4.69, 9.17) is 9.47 Å². The molecule has 5 heteroatoms. The minimum absolute atomic E-state index is 0.249. The van der Waals surface area contributed by atoms with Gasteiger partial charge in [-0.3, -0.25) is 4.79 Å². The highest BCUT2D eigenvalue weighted by atomic mass is 32.1. The van der Waals surface area contributed by atoms with Crippen molar-refractivity contribution in [1.82, 2.24) is 0 Å². The van der Waals surface area contributed by atoms with E-state index >= 15 is 0 Å². The Kier molecular flexibility index (Phi) is 9.76. The second-order valence-electron chi connectivity index (χ2n) is 7.92. The first-order chi connectivity index (χ1) is 15.7. The van der Waals surface area contributed by atoms with Gasteiger partial charge in [0.2, 0.25) is 5.52 Å². The Morgan fingerprint density at radius 2 is 1.69 bits per heavy atom. The summed E-state index contributed by atoms with van der Waals surface area (Å²) in [4.78, 5) is 11.1. The molecule has 3 rings (SSSR count). The number of carbonyl (C=O) groups excluding carboxylic acids is 1. The second kappa shape index (κ2) is 13.0. The average molecular weight is 453 g/mol. The number of ether oxygens (including phenoxy) is 2. The van der Waals surface area contributed by atoms with Crippen LogP contribution in [0.15, 0.2) is 48.5 Å². The highest BCUT2D eigenvalue weighted by Crippen LogP contribution is 2.22. The lowest BCUT2D eigenvalue weighted by Crippen LogP contribution is -2.37. The van der Waals surface area contributed by atoms with E-state index in [-0.39, 0.29) is 5.97 Å². The molecule has 0 saturated carbocycles. The van der Waals surface area contributed by atoms with Gasteiger partial charge in [-0.2, -0.15) is 4.57 Å². The molecule has 0 aliphatic rings. The maximum absolute atomic E-state index is 11.1. The normalized spacial score (nSPS) is 11.3. The van der Waals surface area contributed by atoms with Crippen LogP contribution in [0.3, 0.4) is 0 Å². The summed E-state index contributed by atoms with van der Waals surface area (Å²) >= 11 is 1.74. The number of aromatic nitrogens is 1. The predicted molar refractivity (Wildman–Crippen MR) is 133 cm³/mol. The van der Waals surface area contributed by atoms with E-state index in [2.05, 4.69) is 47.9 Å². The summed E-state index contributed by atoms with van der Waals surface area (Å²) in [7, 11) is 0. The Morgan fingerprint density at radius 1 is 0.938 bits per heavy atom. The van der Waals surface area contributed by atoms with Crippen molar-refractivity contribution in [2.75, 3.05) is 13.2 Å². The van der Waals surface area contributed by atoms with Crippen LogP contribution in [-0.4, -0.2) is 19.2 Å². The first kappa shape index (κ1) is 24.0. The minimum Gasteiger partial charge on any atom is -0.494 e. The maximum Gasteiger partial charge on any atom is 0.302 e. The molecular weight excluding hydrogens is 418 g/mol. The molecule has 2 aromatic carbocycles. The van der Waals surface area contributed by atoms with Crippen LogP contribution < -0.4 is 9.30 Å². The molecule has 0 spiro atoms. The summed E-state index contributed by atoms with van der Waals surface area (Å²) in [6.07, 6.45) is 11.9. The number of thiazole rings is 1. The van der Waals surface area contributed by atoms with E-state index in [1.807, 2.05) is 24.3 Å². The minimum atomic E-state index is -0.249. The van der Waals surface area contributed by atoms with Crippen molar-refractivity contribution in [2.45, 2.75) is 58.9 Å². The molecule has 0 unspecified atom stereocenters. The fraction of sp³-hybridized carbons (Fsp3) is 0.407. The first-order valence-corrected chi connectivity index (χ1v) is 12.4. The van der Waals surface area contributed by atoms with Crippen molar-refractivity contribution < 1.29 is 18.8 Å². The zero-order valence-electron chi connectivity index (χ0n) is 19.2. The molecular formula is C27H34NO3S+. The standard InChI is InChI=1S/C27H34NO3S/c1-3-4-5-6-7-10-20-31-24-16-13-23(14-17-24)15-18-27-28(19-21-30-22(2)29)25-11-8-9-12-26(25)32-27/h8-9,11-18H,3-7,10,19-21H2,1-2H3/q+1. The lowest BCUT2D eigenvalue weighted by Gasteiger charge is -2.06. The quantitative estimate of drug-likeness (QED) is 0.165. The molecule has 0 radical (unpaired) electrons. The summed E-state index contributed by atoms with van der Waals surface area (Å²) in [5.74, 6) is 0.676. The number of nitrogens with zero attached hydrogens (tertiary/aromatic N) is 1. The van der Waals surface area contributed by atoms with Gasteiger partial charge in [-0.05, 0) is 36.3 Å². The van der Waals surface area contributed by atoms with E-state index < -0.39 is 0 Å². The smallest absolute Gasteiger partial charge is 0.302 e. The molecule has 1 heterocycles. The number of carbonyl (C=O) groups is 1. The van der Waals surface area contributed by atoms with Gasteiger partial charge in [-0.25, -0.2) is 0 Å². The van der Waals surface area contributed by atoms with Crippen LogP contribution in [0, 0.1) is 0 Å². The second-order valence-corrected chi connectivity index (χ2v) is 8.98. The van der Waals surface area contributed by atoms with E-state index in [9.17, 15) is 4.79 Å². The molecule has 32 heavy (non-hydrogen) atoms. The van der Waals surface area contributed by atoms with E-state index in [1.54, 1.807) is 11.3 Å². The van der Waals surface area contributed by atoms with E-state index in [1.165, 1.54) is 43.7 Å². The van der Waals surface area contributed by atoms with E-state index in [0.717, 1.165) is 34.9 Å². The average Bonchev–Trinajstić information content (AvgIpc) is 3.15. The predicted octanol–water partition coefficient (Wildman–Crippen LogP) is 6.66. The SMILES string of the molecule is CCCCCCCCOc1ccc(C=Cc2sc3ccccc3[n+]2CCOC(C)=O)cc1. The first-order valence-electron chi connectivity index (χ1n) is 11.6. The van der Waals surface area contributed by atoms with Crippen LogP contribution >= 0.6 is 11.3 Å². The Hall–Kier alpha value is -2.66. The zero-order valence-corrected chi connectivity index (χ0v) is 20.0. The topological polar surface area (TPSA) is 39.4 Å². The number of benzene rings is 2. The number of hydrogen-bond acceptors (Lipinski definition) is 4. The van der Waals surface area contributed by atoms with Crippen LogP contribution in [0.4, 0.5) is 0 Å². The fourth-order valence-corrected chi connectivity index (χ4v) is 4.69. The third-order valence-electron chi connectivity index (χ3n) is 5.32. The molecule has 4 nitrogen and oxygen atoms in total. The van der Waals surface area contributed by atoms with Gasteiger partial charge >= 0.3 is 5.97 Å².